The Bertz CT molecular complexity index is 508. The van der Waals surface area contributed by atoms with Crippen LogP contribution in [0.3, 0.4) is 0 Å². The number of rotatable bonds is 1. The summed E-state index contributed by atoms with van der Waals surface area (Å²) in [5.74, 6) is 0. The third-order valence-corrected chi connectivity index (χ3v) is 2.72. The van der Waals surface area contributed by atoms with Crippen molar-refractivity contribution in [2.24, 2.45) is 7.05 Å². The first-order valence-corrected chi connectivity index (χ1v) is 4.88. The number of aromatic nitrogens is 1. The van der Waals surface area contributed by atoms with E-state index in [-0.39, 0.29) is 0 Å². The van der Waals surface area contributed by atoms with Gasteiger partial charge in [0.25, 0.3) is 0 Å². The van der Waals surface area contributed by atoms with Gasteiger partial charge in [0.05, 0.1) is 10.5 Å². The summed E-state index contributed by atoms with van der Waals surface area (Å²) in [6.45, 7) is 5.97. The van der Waals surface area contributed by atoms with Crippen LogP contribution in [0.25, 0.3) is 16.5 Å². The van der Waals surface area contributed by atoms with Gasteiger partial charge in [0.2, 0.25) is 0 Å². The van der Waals surface area contributed by atoms with E-state index in [1.807, 2.05) is 30.7 Å². The van der Waals surface area contributed by atoms with Crippen molar-refractivity contribution in [2.45, 2.75) is 6.92 Å². The van der Waals surface area contributed by atoms with E-state index in [4.69, 9.17) is 11.6 Å². The molecule has 2 rings (SSSR count). The summed E-state index contributed by atoms with van der Waals surface area (Å²) >= 11 is 6.13. The molecule has 0 fully saturated rings. The fourth-order valence-electron chi connectivity index (χ4n) is 1.76. The van der Waals surface area contributed by atoms with Crippen LogP contribution >= 0.6 is 11.6 Å². The second-order valence-electron chi connectivity index (χ2n) is 3.57. The van der Waals surface area contributed by atoms with E-state index in [2.05, 4.69) is 18.8 Å². The number of fused-ring (bicyclic) bond motifs is 1. The highest BCUT2D eigenvalue weighted by atomic mass is 35.5. The van der Waals surface area contributed by atoms with Gasteiger partial charge < -0.3 is 4.57 Å². The van der Waals surface area contributed by atoms with Crippen molar-refractivity contribution < 1.29 is 0 Å². The van der Waals surface area contributed by atoms with Gasteiger partial charge in [-0.1, -0.05) is 30.3 Å². The number of aryl methyl sites for hydroxylation is 1. The second kappa shape index (κ2) is 3.18. The van der Waals surface area contributed by atoms with Gasteiger partial charge in [0.1, 0.15) is 0 Å². The summed E-state index contributed by atoms with van der Waals surface area (Å²) in [5.41, 5.74) is 3.31. The molecule has 0 saturated heterocycles. The van der Waals surface area contributed by atoms with Crippen LogP contribution in [0, 0.1) is 0 Å². The summed E-state index contributed by atoms with van der Waals surface area (Å²) in [7, 11) is 2.00. The van der Waals surface area contributed by atoms with Crippen LogP contribution in [-0.4, -0.2) is 4.57 Å². The van der Waals surface area contributed by atoms with Crippen molar-refractivity contribution in [2.75, 3.05) is 0 Å². The molecule has 72 valence electrons. The molecule has 0 atom stereocenters. The highest BCUT2D eigenvalue weighted by Crippen LogP contribution is 2.30. The van der Waals surface area contributed by atoms with E-state index in [0.717, 1.165) is 16.1 Å². The number of halogens is 1. The molecule has 0 aliphatic rings. The lowest BCUT2D eigenvalue weighted by Gasteiger charge is -1.98. The maximum absolute atomic E-state index is 6.13. The quantitative estimate of drug-likeness (QED) is 0.666. The average Bonchev–Trinajstić information content (AvgIpc) is 2.45. The van der Waals surface area contributed by atoms with Gasteiger partial charge >= 0.3 is 0 Å². The van der Waals surface area contributed by atoms with Crippen molar-refractivity contribution in [3.63, 3.8) is 0 Å². The summed E-state index contributed by atoms with van der Waals surface area (Å²) in [4.78, 5) is 0. The number of hydrogen-bond acceptors (Lipinski definition) is 0. The lowest BCUT2D eigenvalue weighted by molar-refractivity contribution is 0.967. The Hall–Kier alpha value is -1.21. The molecule has 0 saturated carbocycles. The Morgan fingerprint density at radius 3 is 2.79 bits per heavy atom. The first kappa shape index (κ1) is 9.35. The normalized spacial score (nSPS) is 10.8. The van der Waals surface area contributed by atoms with Crippen LogP contribution in [-0.2, 0) is 7.05 Å². The number of para-hydroxylation sites is 1. The van der Waals surface area contributed by atoms with Crippen LogP contribution < -0.4 is 0 Å². The van der Waals surface area contributed by atoms with Crippen LogP contribution in [0.15, 0.2) is 31.0 Å². The van der Waals surface area contributed by atoms with Gasteiger partial charge in [-0.15, -0.1) is 0 Å². The highest BCUT2D eigenvalue weighted by Gasteiger charge is 2.08. The summed E-state index contributed by atoms with van der Waals surface area (Å²) in [6, 6.07) is 5.95. The number of benzene rings is 1. The fourth-order valence-corrected chi connectivity index (χ4v) is 2.07. The molecular formula is C12H12ClN. The van der Waals surface area contributed by atoms with E-state index in [9.17, 15) is 0 Å². The molecule has 14 heavy (non-hydrogen) atoms. The standard InChI is InChI=1S/C12H12ClN/c1-8(2)10-7-14(3)12-9(10)5-4-6-11(12)13/h4-7H,1H2,2-3H3. The Morgan fingerprint density at radius 2 is 2.14 bits per heavy atom. The topological polar surface area (TPSA) is 4.93 Å². The average molecular weight is 206 g/mol. The molecule has 2 heteroatoms. The van der Waals surface area contributed by atoms with Crippen LogP contribution in [0.5, 0.6) is 0 Å². The minimum Gasteiger partial charge on any atom is -0.349 e. The van der Waals surface area contributed by atoms with E-state index in [1.54, 1.807) is 0 Å². The maximum atomic E-state index is 6.13. The molecule has 0 bridgehead atoms. The SMILES string of the molecule is C=C(C)c1cn(C)c2c(Cl)cccc12. The van der Waals surface area contributed by atoms with E-state index in [1.165, 1.54) is 10.9 Å². The second-order valence-corrected chi connectivity index (χ2v) is 3.98. The smallest absolute Gasteiger partial charge is 0.0673 e. The Morgan fingerprint density at radius 1 is 1.43 bits per heavy atom. The third kappa shape index (κ3) is 1.25. The van der Waals surface area contributed by atoms with Gasteiger partial charge in [0.15, 0.2) is 0 Å². The summed E-state index contributed by atoms with van der Waals surface area (Å²) < 4.78 is 2.04. The Kier molecular flexibility index (Phi) is 2.12. The van der Waals surface area contributed by atoms with Gasteiger partial charge in [-0.3, -0.25) is 0 Å². The number of hydrogen-bond donors (Lipinski definition) is 0. The zero-order chi connectivity index (χ0) is 10.3. The summed E-state index contributed by atoms with van der Waals surface area (Å²) in [6.07, 6.45) is 2.07. The van der Waals surface area contributed by atoms with Crippen molar-refractivity contribution in [3.05, 3.63) is 41.6 Å². The van der Waals surface area contributed by atoms with Gasteiger partial charge in [0, 0.05) is 24.2 Å². The minimum atomic E-state index is 0.789. The van der Waals surface area contributed by atoms with Gasteiger partial charge in [-0.05, 0) is 18.6 Å². The highest BCUT2D eigenvalue weighted by molar-refractivity contribution is 6.35. The maximum Gasteiger partial charge on any atom is 0.0673 e. The number of nitrogens with zero attached hydrogens (tertiary/aromatic N) is 1. The molecule has 0 N–H and O–H groups in total. The molecule has 0 radical (unpaired) electrons. The molecule has 0 spiro atoms. The van der Waals surface area contributed by atoms with E-state index in [0.29, 0.717) is 0 Å². The number of allylic oxidation sites excluding steroid dienone is 1. The molecule has 0 aliphatic carbocycles. The molecular weight excluding hydrogens is 194 g/mol. The first-order valence-electron chi connectivity index (χ1n) is 4.50. The molecule has 1 aromatic carbocycles. The molecule has 2 aromatic rings. The zero-order valence-electron chi connectivity index (χ0n) is 8.34. The molecule has 1 nitrogen and oxygen atoms in total. The Labute approximate surface area is 88.6 Å². The largest absolute Gasteiger partial charge is 0.349 e. The van der Waals surface area contributed by atoms with Crippen molar-refractivity contribution in [1.82, 2.24) is 4.57 Å². The molecule has 1 heterocycles. The molecule has 0 amide bonds. The predicted octanol–water partition coefficient (Wildman–Crippen LogP) is 3.86. The lowest BCUT2D eigenvalue weighted by atomic mass is 10.1. The summed E-state index contributed by atoms with van der Waals surface area (Å²) in [5, 5.41) is 1.96. The van der Waals surface area contributed by atoms with Crippen molar-refractivity contribution >= 4 is 28.1 Å². The first-order chi connectivity index (χ1) is 6.61. The fraction of sp³-hybridized carbons (Fsp3) is 0.167. The van der Waals surface area contributed by atoms with Crippen LogP contribution in [0.1, 0.15) is 12.5 Å². The predicted molar refractivity (Wildman–Crippen MR) is 62.6 cm³/mol. The van der Waals surface area contributed by atoms with Gasteiger partial charge in [-0.2, -0.15) is 0 Å². The van der Waals surface area contributed by atoms with Crippen LogP contribution in [0.2, 0.25) is 5.02 Å². The Balaban J connectivity index is 2.91. The van der Waals surface area contributed by atoms with E-state index < -0.39 is 0 Å². The van der Waals surface area contributed by atoms with Crippen molar-refractivity contribution in [3.8, 4) is 0 Å². The molecule has 1 aromatic heterocycles. The molecule has 0 aliphatic heterocycles. The van der Waals surface area contributed by atoms with Crippen LogP contribution in [0.4, 0.5) is 0 Å². The molecule has 0 unspecified atom stereocenters. The van der Waals surface area contributed by atoms with Crippen molar-refractivity contribution in [1.29, 1.82) is 0 Å². The minimum absolute atomic E-state index is 0.789. The van der Waals surface area contributed by atoms with E-state index >= 15 is 0 Å². The third-order valence-electron chi connectivity index (χ3n) is 2.41. The zero-order valence-corrected chi connectivity index (χ0v) is 9.10. The monoisotopic (exact) mass is 205 g/mol. The lowest BCUT2D eigenvalue weighted by Crippen LogP contribution is -1.83. The van der Waals surface area contributed by atoms with Gasteiger partial charge in [-0.25, -0.2) is 0 Å².